The first-order valence-corrected chi connectivity index (χ1v) is 9.24. The number of amides is 1. The van der Waals surface area contributed by atoms with Gasteiger partial charge in [-0.2, -0.15) is 0 Å². The Kier molecular flexibility index (Phi) is 5.56. The van der Waals surface area contributed by atoms with Gasteiger partial charge in [0.1, 0.15) is 5.82 Å². The molecule has 2 aromatic carbocycles. The predicted molar refractivity (Wildman–Crippen MR) is 91.6 cm³/mol. The minimum atomic E-state index is -3.42. The van der Waals surface area contributed by atoms with Crippen molar-refractivity contribution in [1.29, 1.82) is 0 Å². The van der Waals surface area contributed by atoms with Gasteiger partial charge in [-0.3, -0.25) is 9.52 Å². The van der Waals surface area contributed by atoms with Gasteiger partial charge in [-0.05, 0) is 36.2 Å². The lowest BCUT2D eigenvalue weighted by Gasteiger charge is -2.18. The van der Waals surface area contributed by atoms with Crippen LogP contribution in [-0.2, 0) is 21.2 Å². The zero-order valence-electron chi connectivity index (χ0n) is 13.4. The van der Waals surface area contributed by atoms with Crippen LogP contribution in [0, 0.1) is 5.82 Å². The van der Waals surface area contributed by atoms with Crippen LogP contribution < -0.4 is 10.0 Å². The van der Waals surface area contributed by atoms with Crippen molar-refractivity contribution in [3.8, 4) is 0 Å². The van der Waals surface area contributed by atoms with E-state index in [0.717, 1.165) is 6.26 Å². The van der Waals surface area contributed by atoms with E-state index in [9.17, 15) is 17.6 Å². The second-order valence-corrected chi connectivity index (χ2v) is 7.31. The highest BCUT2D eigenvalue weighted by Gasteiger charge is 2.15. The topological polar surface area (TPSA) is 75.3 Å². The number of hydrogen-bond acceptors (Lipinski definition) is 3. The Morgan fingerprint density at radius 3 is 2.54 bits per heavy atom. The van der Waals surface area contributed by atoms with Crippen LogP contribution >= 0.6 is 0 Å². The van der Waals surface area contributed by atoms with Crippen LogP contribution in [0.2, 0.25) is 0 Å². The quantitative estimate of drug-likeness (QED) is 0.841. The molecule has 2 rings (SSSR count). The lowest BCUT2D eigenvalue weighted by molar-refractivity contribution is -0.121. The average Bonchev–Trinajstić information content (AvgIpc) is 2.45. The van der Waals surface area contributed by atoms with Gasteiger partial charge in [0, 0.05) is 0 Å². The van der Waals surface area contributed by atoms with E-state index in [4.69, 9.17) is 0 Å². The smallest absolute Gasteiger partial charge is 0.229 e. The maximum atomic E-state index is 13.2. The number of rotatable bonds is 6. The highest BCUT2D eigenvalue weighted by Crippen LogP contribution is 2.23. The Labute approximate surface area is 141 Å². The summed E-state index contributed by atoms with van der Waals surface area (Å²) in [6.07, 6.45) is 1.11. The van der Waals surface area contributed by atoms with Crippen LogP contribution in [0.4, 0.5) is 10.1 Å². The van der Waals surface area contributed by atoms with Gasteiger partial charge >= 0.3 is 0 Å². The summed E-state index contributed by atoms with van der Waals surface area (Å²) in [5.41, 5.74) is 1.64. The summed E-state index contributed by atoms with van der Waals surface area (Å²) in [6.45, 7) is 1.76. The molecule has 2 aromatic rings. The lowest BCUT2D eigenvalue weighted by atomic mass is 10.1. The van der Waals surface area contributed by atoms with Gasteiger partial charge in [0.15, 0.2) is 0 Å². The van der Waals surface area contributed by atoms with Crippen molar-refractivity contribution >= 4 is 21.6 Å². The highest BCUT2D eigenvalue weighted by molar-refractivity contribution is 7.92. The highest BCUT2D eigenvalue weighted by atomic mass is 32.2. The van der Waals surface area contributed by atoms with Gasteiger partial charge in [-0.15, -0.1) is 0 Å². The van der Waals surface area contributed by atoms with Gasteiger partial charge in [-0.1, -0.05) is 30.3 Å². The molecule has 0 heterocycles. The first-order chi connectivity index (χ1) is 11.2. The van der Waals surface area contributed by atoms with E-state index in [1.54, 1.807) is 43.3 Å². The molecule has 0 aliphatic rings. The maximum Gasteiger partial charge on any atom is 0.229 e. The van der Waals surface area contributed by atoms with E-state index in [1.165, 1.54) is 12.1 Å². The molecule has 1 unspecified atom stereocenters. The molecule has 5 nitrogen and oxygen atoms in total. The van der Waals surface area contributed by atoms with Crippen LogP contribution in [0.25, 0.3) is 0 Å². The maximum absolute atomic E-state index is 13.2. The molecule has 0 saturated carbocycles. The fraction of sp³-hybridized carbons (Fsp3) is 0.235. The Morgan fingerprint density at radius 2 is 1.88 bits per heavy atom. The SMILES string of the molecule is CC(NC(=O)Cc1cccc(F)c1)c1ccccc1NS(C)(=O)=O. The third kappa shape index (κ3) is 5.34. The summed E-state index contributed by atoms with van der Waals surface area (Å²) in [7, 11) is -3.42. The Morgan fingerprint density at radius 1 is 1.17 bits per heavy atom. The van der Waals surface area contributed by atoms with Gasteiger partial charge in [-0.25, -0.2) is 12.8 Å². The molecule has 0 aliphatic heterocycles. The van der Waals surface area contributed by atoms with Crippen LogP contribution in [0.15, 0.2) is 48.5 Å². The van der Waals surface area contributed by atoms with Gasteiger partial charge in [0.05, 0.1) is 24.4 Å². The normalized spacial score (nSPS) is 12.5. The second-order valence-electron chi connectivity index (χ2n) is 5.56. The standard InChI is InChI=1S/C17H19FN2O3S/c1-12(15-8-3-4-9-16(15)20-24(2,22)23)19-17(21)11-13-6-5-7-14(18)10-13/h3-10,12,20H,11H2,1-2H3,(H,19,21). The summed E-state index contributed by atoms with van der Waals surface area (Å²) in [5, 5.41) is 2.79. The zero-order valence-corrected chi connectivity index (χ0v) is 14.2. The number of carbonyl (C=O) groups is 1. The number of sulfonamides is 1. The third-order valence-corrected chi connectivity index (χ3v) is 3.94. The zero-order chi connectivity index (χ0) is 17.7. The summed E-state index contributed by atoms with van der Waals surface area (Å²) in [6, 6.07) is 12.3. The second kappa shape index (κ2) is 7.44. The minimum Gasteiger partial charge on any atom is -0.349 e. The molecule has 0 saturated heterocycles. The van der Waals surface area contributed by atoms with Crippen molar-refractivity contribution in [2.24, 2.45) is 0 Å². The Balaban J connectivity index is 2.09. The van der Waals surface area contributed by atoms with Crippen LogP contribution in [0.5, 0.6) is 0 Å². The van der Waals surface area contributed by atoms with Crippen LogP contribution in [0.1, 0.15) is 24.1 Å². The van der Waals surface area contributed by atoms with E-state index in [0.29, 0.717) is 16.8 Å². The van der Waals surface area contributed by atoms with Crippen molar-refractivity contribution in [3.63, 3.8) is 0 Å². The van der Waals surface area contributed by atoms with Crippen LogP contribution in [-0.4, -0.2) is 20.6 Å². The number of para-hydroxylation sites is 1. The van der Waals surface area contributed by atoms with Gasteiger partial charge in [0.25, 0.3) is 0 Å². The molecule has 0 spiro atoms. The van der Waals surface area contributed by atoms with Gasteiger partial charge in [0.2, 0.25) is 15.9 Å². The first-order valence-electron chi connectivity index (χ1n) is 7.35. The number of benzene rings is 2. The lowest BCUT2D eigenvalue weighted by Crippen LogP contribution is -2.28. The molecule has 0 aromatic heterocycles. The fourth-order valence-electron chi connectivity index (χ4n) is 2.37. The molecular formula is C17H19FN2O3S. The fourth-order valence-corrected chi connectivity index (χ4v) is 2.96. The summed E-state index contributed by atoms with van der Waals surface area (Å²) < 4.78 is 38.5. The number of anilines is 1. The van der Waals surface area contributed by atoms with Gasteiger partial charge < -0.3 is 5.32 Å². The number of nitrogens with one attached hydrogen (secondary N) is 2. The van der Waals surface area contributed by atoms with Crippen molar-refractivity contribution in [2.75, 3.05) is 11.0 Å². The molecule has 0 aliphatic carbocycles. The monoisotopic (exact) mass is 350 g/mol. The van der Waals surface area contributed by atoms with Crippen molar-refractivity contribution in [2.45, 2.75) is 19.4 Å². The Bertz CT molecular complexity index is 837. The predicted octanol–water partition coefficient (Wildman–Crippen LogP) is 2.62. The summed E-state index contributed by atoms with van der Waals surface area (Å²) in [4.78, 5) is 12.1. The third-order valence-electron chi connectivity index (χ3n) is 3.35. The van der Waals surface area contributed by atoms with Crippen molar-refractivity contribution in [3.05, 3.63) is 65.5 Å². The molecule has 2 N–H and O–H groups in total. The van der Waals surface area contributed by atoms with E-state index in [-0.39, 0.29) is 12.3 Å². The number of carbonyl (C=O) groups excluding carboxylic acids is 1. The van der Waals surface area contributed by atoms with E-state index in [1.807, 2.05) is 0 Å². The van der Waals surface area contributed by atoms with E-state index < -0.39 is 21.9 Å². The molecule has 0 radical (unpaired) electrons. The number of halogens is 1. The minimum absolute atomic E-state index is 0.0454. The van der Waals surface area contributed by atoms with E-state index in [2.05, 4.69) is 10.0 Å². The molecule has 0 bridgehead atoms. The molecule has 0 fully saturated rings. The molecule has 24 heavy (non-hydrogen) atoms. The Hall–Kier alpha value is -2.41. The number of hydrogen-bond donors (Lipinski definition) is 2. The summed E-state index contributed by atoms with van der Waals surface area (Å²) in [5.74, 6) is -0.668. The summed E-state index contributed by atoms with van der Waals surface area (Å²) >= 11 is 0. The molecule has 7 heteroatoms. The van der Waals surface area contributed by atoms with Crippen molar-refractivity contribution < 1.29 is 17.6 Å². The first kappa shape index (κ1) is 17.9. The molecule has 128 valence electrons. The largest absolute Gasteiger partial charge is 0.349 e. The molecule has 1 atom stereocenters. The molecule has 1 amide bonds. The van der Waals surface area contributed by atoms with Crippen LogP contribution in [0.3, 0.4) is 0 Å². The molecular weight excluding hydrogens is 331 g/mol. The average molecular weight is 350 g/mol. The van der Waals surface area contributed by atoms with Crippen molar-refractivity contribution in [1.82, 2.24) is 5.32 Å². The van der Waals surface area contributed by atoms with E-state index >= 15 is 0 Å².